The fourth-order valence-electron chi connectivity index (χ4n) is 1.50. The third-order valence-corrected chi connectivity index (χ3v) is 2.42. The van der Waals surface area contributed by atoms with Gasteiger partial charge in [0.05, 0.1) is 10.3 Å². The Morgan fingerprint density at radius 2 is 2.13 bits per heavy atom. The first-order valence-corrected chi connectivity index (χ1v) is 4.67. The van der Waals surface area contributed by atoms with E-state index in [0.717, 1.165) is 0 Å². The number of non-ortho nitro benzene ring substituents is 1. The maximum absolute atomic E-state index is 10.8. The van der Waals surface area contributed by atoms with E-state index < -0.39 is 4.92 Å². The minimum absolute atomic E-state index is 0.0555. The molecule has 5 heteroatoms. The van der Waals surface area contributed by atoms with E-state index in [4.69, 9.17) is 11.6 Å². The summed E-state index contributed by atoms with van der Waals surface area (Å²) in [4.78, 5) is 14.4. The standard InChI is InChI=1S/C10H7ClN2O2/c1-6-5-8-7(10(11)12-6)3-2-4-9(8)13(14)15/h2-5H,1H3. The molecule has 0 amide bonds. The number of hydrogen-bond acceptors (Lipinski definition) is 3. The number of nitrogens with zero attached hydrogens (tertiary/aromatic N) is 2. The molecule has 0 fully saturated rings. The summed E-state index contributed by atoms with van der Waals surface area (Å²) >= 11 is 5.91. The van der Waals surface area contributed by atoms with Crippen LogP contribution in [-0.4, -0.2) is 9.91 Å². The van der Waals surface area contributed by atoms with Gasteiger partial charge in [-0.3, -0.25) is 10.1 Å². The Bertz CT molecular complexity index is 554. The lowest BCUT2D eigenvalue weighted by molar-refractivity contribution is -0.383. The Balaban J connectivity index is 2.91. The molecular weight excluding hydrogens is 216 g/mol. The smallest absolute Gasteiger partial charge is 0.258 e. The minimum atomic E-state index is -0.419. The van der Waals surface area contributed by atoms with Crippen LogP contribution in [0.3, 0.4) is 0 Å². The van der Waals surface area contributed by atoms with Crippen molar-refractivity contribution in [2.24, 2.45) is 0 Å². The van der Waals surface area contributed by atoms with Gasteiger partial charge in [0.1, 0.15) is 5.15 Å². The summed E-state index contributed by atoms with van der Waals surface area (Å²) in [5.74, 6) is 0. The van der Waals surface area contributed by atoms with Gasteiger partial charge in [-0.2, -0.15) is 0 Å². The van der Waals surface area contributed by atoms with Crippen LogP contribution in [0, 0.1) is 17.0 Å². The summed E-state index contributed by atoms with van der Waals surface area (Å²) in [5.41, 5.74) is 0.724. The van der Waals surface area contributed by atoms with Gasteiger partial charge in [-0.1, -0.05) is 23.7 Å². The fraction of sp³-hybridized carbons (Fsp3) is 0.100. The quantitative estimate of drug-likeness (QED) is 0.423. The number of nitro benzene ring substituents is 1. The molecule has 15 heavy (non-hydrogen) atoms. The molecule has 0 atom stereocenters. The number of rotatable bonds is 1. The summed E-state index contributed by atoms with van der Waals surface area (Å²) in [6.45, 7) is 1.75. The Kier molecular flexibility index (Phi) is 2.28. The summed E-state index contributed by atoms with van der Waals surface area (Å²) < 4.78 is 0. The largest absolute Gasteiger partial charge is 0.277 e. The zero-order chi connectivity index (χ0) is 11.0. The first kappa shape index (κ1) is 9.86. The van der Waals surface area contributed by atoms with Gasteiger partial charge in [0, 0.05) is 17.1 Å². The molecule has 0 saturated carbocycles. The minimum Gasteiger partial charge on any atom is -0.258 e. The zero-order valence-electron chi connectivity index (χ0n) is 7.90. The van der Waals surface area contributed by atoms with Gasteiger partial charge in [-0.15, -0.1) is 0 Å². The first-order valence-electron chi connectivity index (χ1n) is 4.30. The van der Waals surface area contributed by atoms with Crippen molar-refractivity contribution in [1.29, 1.82) is 0 Å². The van der Waals surface area contributed by atoms with E-state index in [-0.39, 0.29) is 5.69 Å². The molecular formula is C10H7ClN2O2. The van der Waals surface area contributed by atoms with Crippen molar-refractivity contribution in [2.45, 2.75) is 6.92 Å². The van der Waals surface area contributed by atoms with E-state index in [1.807, 2.05) is 0 Å². The second-order valence-electron chi connectivity index (χ2n) is 3.18. The number of benzene rings is 1. The van der Waals surface area contributed by atoms with Gasteiger partial charge in [-0.25, -0.2) is 4.98 Å². The maximum atomic E-state index is 10.8. The topological polar surface area (TPSA) is 56.0 Å². The number of aryl methyl sites for hydroxylation is 1. The van der Waals surface area contributed by atoms with E-state index in [9.17, 15) is 10.1 Å². The molecule has 0 saturated heterocycles. The highest BCUT2D eigenvalue weighted by molar-refractivity contribution is 6.34. The number of pyridine rings is 1. The molecule has 0 bridgehead atoms. The number of hydrogen-bond donors (Lipinski definition) is 0. The molecule has 76 valence electrons. The SMILES string of the molecule is Cc1cc2c([N+](=O)[O-])cccc2c(Cl)n1. The van der Waals surface area contributed by atoms with Crippen LogP contribution < -0.4 is 0 Å². The molecule has 0 aliphatic rings. The van der Waals surface area contributed by atoms with Gasteiger partial charge < -0.3 is 0 Å². The zero-order valence-corrected chi connectivity index (χ0v) is 8.65. The highest BCUT2D eigenvalue weighted by atomic mass is 35.5. The number of nitro groups is 1. The highest BCUT2D eigenvalue weighted by Crippen LogP contribution is 2.29. The van der Waals surface area contributed by atoms with Gasteiger partial charge in [0.2, 0.25) is 0 Å². The van der Waals surface area contributed by atoms with Crippen molar-refractivity contribution in [1.82, 2.24) is 4.98 Å². The second-order valence-corrected chi connectivity index (χ2v) is 3.54. The Morgan fingerprint density at radius 1 is 1.40 bits per heavy atom. The molecule has 0 aliphatic carbocycles. The molecule has 1 heterocycles. The second kappa shape index (κ2) is 3.47. The highest BCUT2D eigenvalue weighted by Gasteiger charge is 2.13. The van der Waals surface area contributed by atoms with E-state index in [0.29, 0.717) is 21.6 Å². The molecule has 2 aromatic rings. The van der Waals surface area contributed by atoms with Crippen molar-refractivity contribution >= 4 is 28.1 Å². The third-order valence-electron chi connectivity index (χ3n) is 2.13. The fourth-order valence-corrected chi connectivity index (χ4v) is 1.80. The Morgan fingerprint density at radius 3 is 2.80 bits per heavy atom. The van der Waals surface area contributed by atoms with Crippen LogP contribution in [0.15, 0.2) is 24.3 Å². The maximum Gasteiger partial charge on any atom is 0.277 e. The molecule has 0 aliphatic heterocycles. The summed E-state index contributed by atoms with van der Waals surface area (Å²) in [5, 5.41) is 12.2. The van der Waals surface area contributed by atoms with E-state index in [1.54, 1.807) is 25.1 Å². The molecule has 2 rings (SSSR count). The van der Waals surface area contributed by atoms with Crippen molar-refractivity contribution in [3.63, 3.8) is 0 Å². The summed E-state index contributed by atoms with van der Waals surface area (Å²) in [6.07, 6.45) is 0. The van der Waals surface area contributed by atoms with Crippen LogP contribution in [0.4, 0.5) is 5.69 Å². The van der Waals surface area contributed by atoms with Crippen molar-refractivity contribution in [2.75, 3.05) is 0 Å². The normalized spacial score (nSPS) is 10.5. The third kappa shape index (κ3) is 1.64. The van der Waals surface area contributed by atoms with E-state index in [1.165, 1.54) is 6.07 Å². The number of aromatic nitrogens is 1. The lowest BCUT2D eigenvalue weighted by atomic mass is 10.1. The first-order chi connectivity index (χ1) is 7.09. The van der Waals surface area contributed by atoms with Gasteiger partial charge in [-0.05, 0) is 13.0 Å². The van der Waals surface area contributed by atoms with Crippen LogP contribution in [0.2, 0.25) is 5.15 Å². The van der Waals surface area contributed by atoms with Crippen LogP contribution in [0.1, 0.15) is 5.69 Å². The monoisotopic (exact) mass is 222 g/mol. The van der Waals surface area contributed by atoms with Gasteiger partial charge in [0.15, 0.2) is 0 Å². The molecule has 0 N–H and O–H groups in total. The Labute approximate surface area is 90.7 Å². The lowest BCUT2D eigenvalue weighted by Crippen LogP contribution is -1.91. The average Bonchev–Trinajstić information content (AvgIpc) is 2.16. The number of fused-ring (bicyclic) bond motifs is 1. The average molecular weight is 223 g/mol. The molecule has 4 nitrogen and oxygen atoms in total. The number of halogens is 1. The molecule has 0 radical (unpaired) electrons. The van der Waals surface area contributed by atoms with Gasteiger partial charge in [0.25, 0.3) is 5.69 Å². The molecule has 0 unspecified atom stereocenters. The van der Waals surface area contributed by atoms with Crippen molar-refractivity contribution in [3.05, 3.63) is 45.2 Å². The van der Waals surface area contributed by atoms with E-state index in [2.05, 4.69) is 4.98 Å². The van der Waals surface area contributed by atoms with Crippen molar-refractivity contribution < 1.29 is 4.92 Å². The molecule has 1 aromatic carbocycles. The Hall–Kier alpha value is -1.68. The lowest BCUT2D eigenvalue weighted by Gasteiger charge is -2.02. The van der Waals surface area contributed by atoms with Crippen molar-refractivity contribution in [3.8, 4) is 0 Å². The van der Waals surface area contributed by atoms with Crippen LogP contribution in [-0.2, 0) is 0 Å². The molecule has 1 aromatic heterocycles. The summed E-state index contributed by atoms with van der Waals surface area (Å²) in [7, 11) is 0. The van der Waals surface area contributed by atoms with Crippen LogP contribution >= 0.6 is 11.6 Å². The van der Waals surface area contributed by atoms with Gasteiger partial charge >= 0.3 is 0 Å². The predicted molar refractivity (Wildman–Crippen MR) is 58.1 cm³/mol. The summed E-state index contributed by atoms with van der Waals surface area (Å²) in [6, 6.07) is 6.44. The van der Waals surface area contributed by atoms with Crippen LogP contribution in [0.25, 0.3) is 10.8 Å². The van der Waals surface area contributed by atoms with E-state index >= 15 is 0 Å². The predicted octanol–water partition coefficient (Wildman–Crippen LogP) is 3.10. The molecule has 0 spiro atoms. The van der Waals surface area contributed by atoms with Crippen LogP contribution in [0.5, 0.6) is 0 Å².